The van der Waals surface area contributed by atoms with Crippen molar-refractivity contribution in [2.45, 2.75) is 31.3 Å². The van der Waals surface area contributed by atoms with Crippen LogP contribution in [0.25, 0.3) is 28.0 Å². The molecule has 0 amide bonds. The predicted octanol–water partition coefficient (Wildman–Crippen LogP) is 3.15. The number of phenols is 1. The molecule has 6 heteroatoms. The summed E-state index contributed by atoms with van der Waals surface area (Å²) in [6.45, 7) is 0. The van der Waals surface area contributed by atoms with Crippen LogP contribution in [0.2, 0.25) is 0 Å². The first-order chi connectivity index (χ1) is 12.8. The standard InChI is InChI=1S/C20H19N5O/c26-20-9-12(14-10-21-22-11-14)1-4-17(20)19-6-5-18(24-25-19)13-7-15-2-3-16(8-13)23-15/h1,4-7,9-11,15-16,23,26H,2-3,8H2,(H,21,22)/t15-,16+/m1/s1. The molecule has 2 aromatic heterocycles. The van der Waals surface area contributed by atoms with Gasteiger partial charge in [0.25, 0.3) is 0 Å². The van der Waals surface area contributed by atoms with Crippen molar-refractivity contribution in [1.82, 2.24) is 25.7 Å². The zero-order valence-electron chi connectivity index (χ0n) is 14.2. The lowest BCUT2D eigenvalue weighted by molar-refractivity contribution is 0.477. The molecule has 0 radical (unpaired) electrons. The van der Waals surface area contributed by atoms with Crippen LogP contribution < -0.4 is 5.32 Å². The van der Waals surface area contributed by atoms with E-state index in [-0.39, 0.29) is 5.75 Å². The number of aromatic amines is 1. The van der Waals surface area contributed by atoms with Crippen molar-refractivity contribution >= 4 is 5.57 Å². The molecule has 2 bridgehead atoms. The lowest BCUT2D eigenvalue weighted by Crippen LogP contribution is -2.32. The molecule has 3 aromatic rings. The number of benzene rings is 1. The van der Waals surface area contributed by atoms with E-state index in [0.29, 0.717) is 23.3 Å². The maximum atomic E-state index is 10.4. The third kappa shape index (κ3) is 2.68. The highest BCUT2D eigenvalue weighted by molar-refractivity contribution is 5.74. The number of rotatable bonds is 3. The highest BCUT2D eigenvalue weighted by Gasteiger charge is 2.28. The van der Waals surface area contributed by atoms with Crippen molar-refractivity contribution in [2.75, 3.05) is 0 Å². The molecular formula is C20H19N5O. The van der Waals surface area contributed by atoms with Gasteiger partial charge < -0.3 is 10.4 Å². The van der Waals surface area contributed by atoms with Gasteiger partial charge in [0.15, 0.2) is 0 Å². The van der Waals surface area contributed by atoms with Crippen LogP contribution in [-0.2, 0) is 0 Å². The second-order valence-corrected chi connectivity index (χ2v) is 6.97. The third-order valence-corrected chi connectivity index (χ3v) is 5.24. The van der Waals surface area contributed by atoms with Crippen LogP contribution in [0.1, 0.15) is 25.0 Å². The molecular weight excluding hydrogens is 326 g/mol. The Balaban J connectivity index is 1.42. The predicted molar refractivity (Wildman–Crippen MR) is 99.3 cm³/mol. The molecule has 2 aliphatic rings. The van der Waals surface area contributed by atoms with Gasteiger partial charge in [0, 0.05) is 29.4 Å². The number of nitrogens with zero attached hydrogens (tertiary/aromatic N) is 3. The number of hydrogen-bond acceptors (Lipinski definition) is 5. The zero-order valence-corrected chi connectivity index (χ0v) is 14.2. The van der Waals surface area contributed by atoms with Crippen LogP contribution in [0.3, 0.4) is 0 Å². The summed E-state index contributed by atoms with van der Waals surface area (Å²) in [6, 6.07) is 10.5. The van der Waals surface area contributed by atoms with Crippen LogP contribution in [0.5, 0.6) is 5.75 Å². The summed E-state index contributed by atoms with van der Waals surface area (Å²) in [5, 5.41) is 29.5. The summed E-state index contributed by atoms with van der Waals surface area (Å²) < 4.78 is 0. The number of phenolic OH excluding ortho intramolecular Hbond substituents is 1. The van der Waals surface area contributed by atoms with Gasteiger partial charge >= 0.3 is 0 Å². The highest BCUT2D eigenvalue weighted by atomic mass is 16.3. The SMILES string of the molecule is Oc1cc(-c2cn[nH]c2)ccc1-c1ccc(C2=C[C@H]3CC[C@@H](C2)N3)nn1. The van der Waals surface area contributed by atoms with Gasteiger partial charge in [-0.2, -0.15) is 10.2 Å². The molecule has 4 heterocycles. The van der Waals surface area contributed by atoms with Gasteiger partial charge in [-0.3, -0.25) is 5.10 Å². The van der Waals surface area contributed by atoms with E-state index < -0.39 is 0 Å². The van der Waals surface area contributed by atoms with Crippen LogP contribution in [-0.4, -0.2) is 37.6 Å². The minimum absolute atomic E-state index is 0.185. The molecule has 2 atom stereocenters. The molecule has 0 spiro atoms. The van der Waals surface area contributed by atoms with Gasteiger partial charge in [0.05, 0.1) is 17.6 Å². The molecule has 6 nitrogen and oxygen atoms in total. The van der Waals surface area contributed by atoms with Crippen molar-refractivity contribution in [3.63, 3.8) is 0 Å². The van der Waals surface area contributed by atoms with E-state index in [4.69, 9.17) is 0 Å². The van der Waals surface area contributed by atoms with E-state index in [9.17, 15) is 5.11 Å². The van der Waals surface area contributed by atoms with E-state index in [1.165, 1.54) is 18.4 Å². The molecule has 1 saturated heterocycles. The number of aromatic nitrogens is 4. The molecule has 0 saturated carbocycles. The largest absolute Gasteiger partial charge is 0.507 e. The van der Waals surface area contributed by atoms with E-state index in [0.717, 1.165) is 23.2 Å². The summed E-state index contributed by atoms with van der Waals surface area (Å²) >= 11 is 0. The topological polar surface area (TPSA) is 86.7 Å². The maximum absolute atomic E-state index is 10.4. The minimum atomic E-state index is 0.185. The molecule has 1 aromatic carbocycles. The highest BCUT2D eigenvalue weighted by Crippen LogP contribution is 2.34. The van der Waals surface area contributed by atoms with Crippen molar-refractivity contribution in [3.8, 4) is 28.1 Å². The molecule has 2 aliphatic heterocycles. The van der Waals surface area contributed by atoms with Crippen LogP contribution >= 0.6 is 0 Å². The number of H-pyrrole nitrogens is 1. The van der Waals surface area contributed by atoms with E-state index in [1.54, 1.807) is 18.5 Å². The first-order valence-corrected chi connectivity index (χ1v) is 8.90. The average Bonchev–Trinajstić information content (AvgIpc) is 3.32. The Morgan fingerprint density at radius 2 is 1.88 bits per heavy atom. The fraction of sp³-hybridized carbons (Fsp3) is 0.250. The Hall–Kier alpha value is -2.99. The average molecular weight is 345 g/mol. The van der Waals surface area contributed by atoms with Crippen molar-refractivity contribution in [1.29, 1.82) is 0 Å². The van der Waals surface area contributed by atoms with Crippen molar-refractivity contribution < 1.29 is 5.11 Å². The number of fused-ring (bicyclic) bond motifs is 2. The second-order valence-electron chi connectivity index (χ2n) is 6.97. The van der Waals surface area contributed by atoms with Gasteiger partial charge in [-0.05, 0) is 54.7 Å². The van der Waals surface area contributed by atoms with Gasteiger partial charge in [-0.15, -0.1) is 5.10 Å². The van der Waals surface area contributed by atoms with Crippen molar-refractivity contribution in [3.05, 3.63) is 54.5 Å². The molecule has 5 rings (SSSR count). The zero-order chi connectivity index (χ0) is 17.5. The maximum Gasteiger partial charge on any atom is 0.125 e. The molecule has 0 aliphatic carbocycles. The Kier molecular flexibility index (Phi) is 3.57. The van der Waals surface area contributed by atoms with Gasteiger partial charge in [0.2, 0.25) is 0 Å². The van der Waals surface area contributed by atoms with Crippen LogP contribution in [0.15, 0.2) is 48.8 Å². The Labute approximate surface area is 151 Å². The van der Waals surface area contributed by atoms with Gasteiger partial charge in [-0.1, -0.05) is 12.1 Å². The fourth-order valence-electron chi connectivity index (χ4n) is 3.89. The smallest absolute Gasteiger partial charge is 0.125 e. The molecule has 1 fully saturated rings. The minimum Gasteiger partial charge on any atom is -0.507 e. The van der Waals surface area contributed by atoms with E-state index in [2.05, 4.69) is 31.8 Å². The number of hydrogen-bond donors (Lipinski definition) is 3. The molecule has 3 N–H and O–H groups in total. The molecule has 130 valence electrons. The monoisotopic (exact) mass is 345 g/mol. The van der Waals surface area contributed by atoms with Crippen LogP contribution in [0, 0.1) is 0 Å². The van der Waals surface area contributed by atoms with E-state index in [1.807, 2.05) is 24.3 Å². The second kappa shape index (κ2) is 6.07. The molecule has 26 heavy (non-hydrogen) atoms. The van der Waals surface area contributed by atoms with Gasteiger partial charge in [-0.25, -0.2) is 0 Å². The van der Waals surface area contributed by atoms with Crippen LogP contribution in [0.4, 0.5) is 0 Å². The Bertz CT molecular complexity index is 962. The number of aromatic hydroxyl groups is 1. The number of nitrogens with one attached hydrogen (secondary N) is 2. The lowest BCUT2D eigenvalue weighted by atomic mass is 9.99. The first kappa shape index (κ1) is 15.3. The summed E-state index contributed by atoms with van der Waals surface area (Å²) in [6.07, 6.45) is 9.25. The first-order valence-electron chi connectivity index (χ1n) is 8.90. The Morgan fingerprint density at radius 1 is 1.00 bits per heavy atom. The van der Waals surface area contributed by atoms with E-state index >= 15 is 0 Å². The quantitative estimate of drug-likeness (QED) is 0.679. The molecule has 0 unspecified atom stereocenters. The normalized spacial score (nSPS) is 21.6. The third-order valence-electron chi connectivity index (χ3n) is 5.24. The summed E-state index contributed by atoms with van der Waals surface area (Å²) in [7, 11) is 0. The van der Waals surface area contributed by atoms with Crippen molar-refractivity contribution in [2.24, 2.45) is 0 Å². The summed E-state index contributed by atoms with van der Waals surface area (Å²) in [4.78, 5) is 0. The van der Waals surface area contributed by atoms with Gasteiger partial charge in [0.1, 0.15) is 5.75 Å². The summed E-state index contributed by atoms with van der Waals surface area (Å²) in [5.74, 6) is 0.185. The Morgan fingerprint density at radius 3 is 2.62 bits per heavy atom. The fourth-order valence-corrected chi connectivity index (χ4v) is 3.89. The lowest BCUT2D eigenvalue weighted by Gasteiger charge is -2.20. The summed E-state index contributed by atoms with van der Waals surface area (Å²) in [5.41, 5.74) is 5.38.